The van der Waals surface area contributed by atoms with E-state index in [0.29, 0.717) is 0 Å². The van der Waals surface area contributed by atoms with Gasteiger partial charge in [-0.15, -0.1) is 11.3 Å². The van der Waals surface area contributed by atoms with Gasteiger partial charge in [0.15, 0.2) is 0 Å². The number of aromatic nitrogens is 2. The van der Waals surface area contributed by atoms with Gasteiger partial charge in [-0.2, -0.15) is 0 Å². The van der Waals surface area contributed by atoms with E-state index >= 15 is 0 Å². The van der Waals surface area contributed by atoms with Gasteiger partial charge < -0.3 is 4.98 Å². The molecule has 2 heterocycles. The van der Waals surface area contributed by atoms with Crippen LogP contribution in [0.5, 0.6) is 0 Å². The van der Waals surface area contributed by atoms with Crippen molar-refractivity contribution in [3.63, 3.8) is 0 Å². The molecule has 80 valence electrons. The molecule has 1 N–H and O–H groups in total. The number of nitrogens with zero attached hydrogens (tertiary/aromatic N) is 1. The summed E-state index contributed by atoms with van der Waals surface area (Å²) in [5, 5.41) is 1.09. The van der Waals surface area contributed by atoms with Crippen molar-refractivity contribution in [2.75, 3.05) is 0 Å². The minimum absolute atomic E-state index is 0.130. The van der Waals surface area contributed by atoms with E-state index in [2.05, 4.69) is 38.7 Å². The molecule has 0 unspecified atom stereocenters. The normalized spacial score (nSPS) is 12.0. The summed E-state index contributed by atoms with van der Waals surface area (Å²) in [6.07, 6.45) is 1.93. The smallest absolute Gasteiger partial charge is 0.140 e. The molecular weight excluding hydrogens is 204 g/mol. The largest absolute Gasteiger partial charge is 0.359 e. The average molecular weight is 220 g/mol. The van der Waals surface area contributed by atoms with Gasteiger partial charge in [-0.25, -0.2) is 4.98 Å². The lowest BCUT2D eigenvalue weighted by Gasteiger charge is -2.16. The van der Waals surface area contributed by atoms with Gasteiger partial charge in [0.25, 0.3) is 0 Å². The number of aryl methyl sites for hydroxylation is 1. The van der Waals surface area contributed by atoms with Gasteiger partial charge in [0, 0.05) is 16.5 Å². The lowest BCUT2D eigenvalue weighted by atomic mass is 9.91. The van der Waals surface area contributed by atoms with Crippen molar-refractivity contribution in [3.8, 4) is 10.7 Å². The molecule has 2 nitrogen and oxygen atoms in total. The monoisotopic (exact) mass is 220 g/mol. The van der Waals surface area contributed by atoms with Gasteiger partial charge in [-0.1, -0.05) is 20.8 Å². The number of aromatic amines is 1. The first-order valence-electron chi connectivity index (χ1n) is 5.10. The molecular formula is C12H16N2S. The maximum absolute atomic E-state index is 4.71. The lowest BCUT2D eigenvalue weighted by Crippen LogP contribution is -2.12. The molecule has 2 aromatic heterocycles. The van der Waals surface area contributed by atoms with Crippen LogP contribution < -0.4 is 0 Å². The minimum atomic E-state index is 0.130. The molecule has 0 amide bonds. The summed E-state index contributed by atoms with van der Waals surface area (Å²) >= 11 is 1.76. The highest BCUT2D eigenvalue weighted by atomic mass is 32.1. The quantitative estimate of drug-likeness (QED) is 0.779. The van der Waals surface area contributed by atoms with Crippen LogP contribution in [0.25, 0.3) is 10.7 Å². The van der Waals surface area contributed by atoms with Crippen LogP contribution in [0.2, 0.25) is 0 Å². The van der Waals surface area contributed by atoms with Crippen LogP contribution in [-0.2, 0) is 5.41 Å². The van der Waals surface area contributed by atoms with Crippen LogP contribution in [0.4, 0.5) is 0 Å². The van der Waals surface area contributed by atoms with Crippen LogP contribution in [-0.4, -0.2) is 9.97 Å². The number of H-pyrrole nitrogens is 1. The van der Waals surface area contributed by atoms with E-state index in [-0.39, 0.29) is 5.41 Å². The third-order valence-electron chi connectivity index (χ3n) is 2.34. The molecule has 0 bridgehead atoms. The fourth-order valence-electron chi connectivity index (χ4n) is 1.67. The van der Waals surface area contributed by atoms with Gasteiger partial charge in [0.05, 0.1) is 11.4 Å². The van der Waals surface area contributed by atoms with Crippen molar-refractivity contribution in [2.45, 2.75) is 33.1 Å². The van der Waals surface area contributed by atoms with E-state index in [1.807, 2.05) is 12.3 Å². The summed E-state index contributed by atoms with van der Waals surface area (Å²) in [5.74, 6) is 0. The predicted molar refractivity (Wildman–Crippen MR) is 65.3 cm³/mol. The van der Waals surface area contributed by atoms with E-state index < -0.39 is 0 Å². The Labute approximate surface area is 94.4 Å². The number of rotatable bonds is 1. The Balaban J connectivity index is 2.47. The number of nitrogens with one attached hydrogen (secondary N) is 1. The zero-order chi connectivity index (χ0) is 11.1. The summed E-state index contributed by atoms with van der Waals surface area (Å²) in [7, 11) is 0. The first kappa shape index (κ1) is 10.4. The van der Waals surface area contributed by atoms with Gasteiger partial charge in [0.1, 0.15) is 5.01 Å². The average Bonchev–Trinajstić information content (AvgIpc) is 2.68. The molecule has 0 spiro atoms. The van der Waals surface area contributed by atoms with E-state index in [4.69, 9.17) is 4.98 Å². The van der Waals surface area contributed by atoms with Crippen LogP contribution in [0.15, 0.2) is 18.3 Å². The number of hydrogen-bond acceptors (Lipinski definition) is 2. The minimum Gasteiger partial charge on any atom is -0.359 e. The molecule has 0 aliphatic rings. The maximum atomic E-state index is 4.71. The zero-order valence-corrected chi connectivity index (χ0v) is 10.4. The Morgan fingerprint density at radius 3 is 2.53 bits per heavy atom. The highest BCUT2D eigenvalue weighted by Gasteiger charge is 2.21. The van der Waals surface area contributed by atoms with Gasteiger partial charge in [-0.3, -0.25) is 0 Å². The fraction of sp³-hybridized carbons (Fsp3) is 0.417. The van der Waals surface area contributed by atoms with E-state index in [1.54, 1.807) is 11.3 Å². The fourth-order valence-corrected chi connectivity index (χ4v) is 2.78. The van der Waals surface area contributed by atoms with Gasteiger partial charge in [0.2, 0.25) is 0 Å². The molecule has 0 fully saturated rings. The molecule has 2 aromatic rings. The summed E-state index contributed by atoms with van der Waals surface area (Å²) in [4.78, 5) is 9.22. The molecule has 15 heavy (non-hydrogen) atoms. The molecule has 0 saturated heterocycles. The van der Waals surface area contributed by atoms with E-state index in [0.717, 1.165) is 10.7 Å². The highest BCUT2D eigenvalue weighted by molar-refractivity contribution is 7.15. The third kappa shape index (κ3) is 1.97. The second-order valence-electron chi connectivity index (χ2n) is 4.76. The Morgan fingerprint density at radius 1 is 1.33 bits per heavy atom. The summed E-state index contributed by atoms with van der Waals surface area (Å²) in [6, 6.07) is 4.06. The Hall–Kier alpha value is -1.09. The van der Waals surface area contributed by atoms with Gasteiger partial charge in [-0.05, 0) is 19.1 Å². The van der Waals surface area contributed by atoms with Crippen LogP contribution in [0.1, 0.15) is 31.3 Å². The molecule has 0 saturated carbocycles. The first-order chi connectivity index (χ1) is 6.98. The summed E-state index contributed by atoms with van der Waals surface area (Å²) < 4.78 is 0. The topological polar surface area (TPSA) is 28.7 Å². The number of hydrogen-bond donors (Lipinski definition) is 1. The predicted octanol–water partition coefficient (Wildman–Crippen LogP) is 3.74. The molecule has 2 rings (SSSR count). The van der Waals surface area contributed by atoms with E-state index in [9.17, 15) is 0 Å². The third-order valence-corrected chi connectivity index (χ3v) is 3.34. The van der Waals surface area contributed by atoms with Crippen LogP contribution in [0.3, 0.4) is 0 Å². The Bertz CT molecular complexity index is 446. The van der Waals surface area contributed by atoms with E-state index in [1.165, 1.54) is 10.6 Å². The summed E-state index contributed by atoms with van der Waals surface area (Å²) in [5.41, 5.74) is 2.45. The van der Waals surface area contributed by atoms with Crippen molar-refractivity contribution in [3.05, 3.63) is 28.9 Å². The molecule has 0 radical (unpaired) electrons. The first-order valence-corrected chi connectivity index (χ1v) is 5.92. The maximum Gasteiger partial charge on any atom is 0.140 e. The van der Waals surface area contributed by atoms with Crippen molar-refractivity contribution < 1.29 is 0 Å². The summed E-state index contributed by atoms with van der Waals surface area (Å²) in [6.45, 7) is 8.75. The molecule has 0 aromatic carbocycles. The van der Waals surface area contributed by atoms with Crippen molar-refractivity contribution in [2.24, 2.45) is 0 Å². The number of thiazole rings is 1. The molecule has 3 heteroatoms. The van der Waals surface area contributed by atoms with Gasteiger partial charge >= 0.3 is 0 Å². The SMILES string of the molecule is Cc1sc(-c2ccc[nH]2)nc1C(C)(C)C. The standard InChI is InChI=1S/C12H16N2S/c1-8-10(12(2,3)4)14-11(15-8)9-6-5-7-13-9/h5-7,13H,1-4H3. The highest BCUT2D eigenvalue weighted by Crippen LogP contribution is 2.32. The van der Waals surface area contributed by atoms with Crippen LogP contribution in [0, 0.1) is 6.92 Å². The van der Waals surface area contributed by atoms with Crippen LogP contribution >= 0.6 is 11.3 Å². The zero-order valence-electron chi connectivity index (χ0n) is 9.59. The van der Waals surface area contributed by atoms with Crippen molar-refractivity contribution in [1.82, 2.24) is 9.97 Å². The molecule has 0 aliphatic carbocycles. The Kier molecular flexibility index (Phi) is 2.43. The lowest BCUT2D eigenvalue weighted by molar-refractivity contribution is 0.570. The molecule has 0 aliphatic heterocycles. The molecule has 0 atom stereocenters. The second-order valence-corrected chi connectivity index (χ2v) is 5.96. The second kappa shape index (κ2) is 3.49. The van der Waals surface area contributed by atoms with Crippen molar-refractivity contribution >= 4 is 11.3 Å². The van der Waals surface area contributed by atoms with Crippen molar-refractivity contribution in [1.29, 1.82) is 0 Å². The Morgan fingerprint density at radius 2 is 2.07 bits per heavy atom.